The van der Waals surface area contributed by atoms with Crippen molar-refractivity contribution in [1.29, 1.82) is 0 Å². The maximum Gasteiger partial charge on any atom is 0.216 e. The van der Waals surface area contributed by atoms with Crippen molar-refractivity contribution in [3.8, 4) is 0 Å². The summed E-state index contributed by atoms with van der Waals surface area (Å²) in [5.74, 6) is 0.779. The summed E-state index contributed by atoms with van der Waals surface area (Å²) in [5.41, 5.74) is 1.12. The Hall–Kier alpha value is -0.143. The summed E-state index contributed by atoms with van der Waals surface area (Å²) in [6.45, 7) is 16.4. The van der Waals surface area contributed by atoms with Gasteiger partial charge in [-0.15, -0.1) is 0 Å². The average molecular weight is 403 g/mol. The van der Waals surface area contributed by atoms with Crippen LogP contribution in [0.3, 0.4) is 0 Å². The molecule has 6 heteroatoms. The molecule has 1 fully saturated rings. The van der Waals surface area contributed by atoms with Crippen molar-refractivity contribution in [2.75, 3.05) is 19.0 Å². The highest BCUT2D eigenvalue weighted by atomic mass is 32.2. The smallest absolute Gasteiger partial charge is 0.216 e. The van der Waals surface area contributed by atoms with Crippen molar-refractivity contribution in [2.24, 2.45) is 0 Å². The number of thioether (sulfide) groups is 1. The first-order valence-corrected chi connectivity index (χ1v) is 13.7. The van der Waals surface area contributed by atoms with Crippen molar-refractivity contribution in [2.45, 2.75) is 90.8 Å². The van der Waals surface area contributed by atoms with Gasteiger partial charge >= 0.3 is 0 Å². The van der Waals surface area contributed by atoms with E-state index in [-0.39, 0.29) is 22.5 Å². The maximum atomic E-state index is 12.5. The van der Waals surface area contributed by atoms with Gasteiger partial charge in [0, 0.05) is 6.61 Å². The number of hydrogen-bond acceptors (Lipinski definition) is 5. The first-order chi connectivity index (χ1) is 12.1. The molecule has 0 bridgehead atoms. The van der Waals surface area contributed by atoms with E-state index < -0.39 is 8.32 Å². The van der Waals surface area contributed by atoms with E-state index in [0.29, 0.717) is 13.0 Å². The molecule has 1 aliphatic heterocycles. The quantitative estimate of drug-likeness (QED) is 0.374. The number of carbonyl (C=O) groups excluding carboxylic acids is 1. The minimum absolute atomic E-state index is 0.0799. The molecular formula is C20H38O4SSi. The van der Waals surface area contributed by atoms with E-state index in [0.717, 1.165) is 30.8 Å². The molecule has 0 aliphatic carbocycles. The molecule has 0 N–H and O–H groups in total. The highest BCUT2D eigenvalue weighted by molar-refractivity contribution is 8.13. The van der Waals surface area contributed by atoms with E-state index in [9.17, 15) is 4.79 Å². The molecule has 0 spiro atoms. The second-order valence-corrected chi connectivity index (χ2v) is 14.5. The average Bonchev–Trinajstić information content (AvgIpc) is 2.56. The van der Waals surface area contributed by atoms with Crippen molar-refractivity contribution in [3.05, 3.63) is 11.6 Å². The third-order valence-electron chi connectivity index (χ3n) is 5.11. The van der Waals surface area contributed by atoms with Crippen LogP contribution in [0.2, 0.25) is 18.1 Å². The molecule has 1 rings (SSSR count). The van der Waals surface area contributed by atoms with Crippen LogP contribution in [-0.4, -0.2) is 44.8 Å². The van der Waals surface area contributed by atoms with E-state index in [2.05, 4.69) is 39.9 Å². The van der Waals surface area contributed by atoms with E-state index in [1.807, 2.05) is 13.8 Å². The minimum Gasteiger partial charge on any atom is -0.406 e. The fraction of sp³-hybridized carbons (Fsp3) is 0.850. The molecule has 1 aliphatic rings. The lowest BCUT2D eigenvalue weighted by Gasteiger charge is -2.38. The molecule has 0 aromatic rings. The number of rotatable bonds is 9. The standard InChI is InChI=1S/C20H38O4SSi/c1-8-25-19(21)17(24-26(6,7)20(3,4)5)13-12-16(2)15-23-18-11-9-10-14-22-18/h12,17-18H,8-11,13-15H2,1-7H3/t17-,18?/m0/s1. The third kappa shape index (κ3) is 8.25. The highest BCUT2D eigenvalue weighted by Crippen LogP contribution is 2.38. The SMILES string of the molecule is CCSC(=O)[C@H](CC=C(C)COC1CCCCO1)O[Si](C)(C)C(C)(C)C. The van der Waals surface area contributed by atoms with Gasteiger partial charge in [-0.05, 0) is 56.5 Å². The summed E-state index contributed by atoms with van der Waals surface area (Å²) < 4.78 is 17.8. The fourth-order valence-electron chi connectivity index (χ4n) is 2.39. The Bertz CT molecular complexity index is 465. The van der Waals surface area contributed by atoms with Gasteiger partial charge in [-0.25, -0.2) is 0 Å². The largest absolute Gasteiger partial charge is 0.406 e. The topological polar surface area (TPSA) is 44.8 Å². The molecule has 0 aromatic heterocycles. The van der Waals surface area contributed by atoms with Crippen molar-refractivity contribution in [3.63, 3.8) is 0 Å². The van der Waals surface area contributed by atoms with Crippen LogP contribution in [0.4, 0.5) is 0 Å². The molecule has 2 atom stereocenters. The fourth-order valence-corrected chi connectivity index (χ4v) is 4.36. The Balaban J connectivity index is 2.64. The minimum atomic E-state index is -1.99. The van der Waals surface area contributed by atoms with Gasteiger partial charge in [-0.3, -0.25) is 4.79 Å². The zero-order valence-corrected chi connectivity index (χ0v) is 19.5. The summed E-state index contributed by atoms with van der Waals surface area (Å²) in [6, 6.07) is 0. The van der Waals surface area contributed by atoms with Crippen LogP contribution in [-0.2, 0) is 18.7 Å². The van der Waals surface area contributed by atoms with Gasteiger partial charge in [-0.2, -0.15) is 0 Å². The molecule has 0 aromatic carbocycles. The molecule has 1 heterocycles. The third-order valence-corrected chi connectivity index (χ3v) is 10.4. The number of hydrogen-bond donors (Lipinski definition) is 0. The van der Waals surface area contributed by atoms with Gasteiger partial charge in [0.15, 0.2) is 14.6 Å². The Morgan fingerprint density at radius 1 is 1.35 bits per heavy atom. The van der Waals surface area contributed by atoms with Crippen molar-refractivity contribution in [1.82, 2.24) is 0 Å². The van der Waals surface area contributed by atoms with Crippen LogP contribution in [0.5, 0.6) is 0 Å². The Kier molecular flexibility index (Phi) is 10.1. The Morgan fingerprint density at radius 2 is 2.04 bits per heavy atom. The number of ether oxygens (including phenoxy) is 2. The monoisotopic (exact) mass is 402 g/mol. The summed E-state index contributed by atoms with van der Waals surface area (Å²) in [4.78, 5) is 12.5. The van der Waals surface area contributed by atoms with Gasteiger partial charge in [0.25, 0.3) is 0 Å². The molecule has 1 unspecified atom stereocenters. The van der Waals surface area contributed by atoms with Gasteiger partial charge in [-0.1, -0.05) is 51.1 Å². The number of carbonyl (C=O) groups is 1. The molecule has 152 valence electrons. The molecule has 0 amide bonds. The van der Waals surface area contributed by atoms with Crippen LogP contribution in [0.1, 0.15) is 60.3 Å². The van der Waals surface area contributed by atoms with E-state index >= 15 is 0 Å². The van der Waals surface area contributed by atoms with E-state index in [4.69, 9.17) is 13.9 Å². The maximum absolute atomic E-state index is 12.5. The summed E-state index contributed by atoms with van der Waals surface area (Å²) in [7, 11) is -1.99. The van der Waals surface area contributed by atoms with Gasteiger partial charge in [0.05, 0.1) is 6.61 Å². The molecule has 26 heavy (non-hydrogen) atoms. The van der Waals surface area contributed by atoms with E-state index in [1.165, 1.54) is 18.2 Å². The van der Waals surface area contributed by atoms with Crippen molar-refractivity contribution >= 4 is 25.2 Å². The molecule has 0 saturated carbocycles. The predicted octanol–water partition coefficient (Wildman–Crippen LogP) is 5.54. The normalized spacial score (nSPS) is 20.9. The van der Waals surface area contributed by atoms with Crippen LogP contribution >= 0.6 is 11.8 Å². The molecule has 1 saturated heterocycles. The summed E-state index contributed by atoms with van der Waals surface area (Å²) in [5, 5.41) is 0.223. The second kappa shape index (κ2) is 11.0. The Morgan fingerprint density at radius 3 is 2.58 bits per heavy atom. The van der Waals surface area contributed by atoms with E-state index in [1.54, 1.807) is 0 Å². The first-order valence-electron chi connectivity index (χ1n) is 9.80. The lowest BCUT2D eigenvalue weighted by atomic mass is 10.2. The summed E-state index contributed by atoms with van der Waals surface area (Å²) in [6.07, 6.45) is 5.51. The second-order valence-electron chi connectivity index (χ2n) is 8.51. The zero-order valence-electron chi connectivity index (χ0n) is 17.7. The van der Waals surface area contributed by atoms with Gasteiger partial charge in [0.1, 0.15) is 6.10 Å². The van der Waals surface area contributed by atoms with Crippen LogP contribution in [0.15, 0.2) is 11.6 Å². The molecule has 0 radical (unpaired) electrons. The van der Waals surface area contributed by atoms with Gasteiger partial charge < -0.3 is 13.9 Å². The molecule has 4 nitrogen and oxygen atoms in total. The van der Waals surface area contributed by atoms with Crippen LogP contribution in [0.25, 0.3) is 0 Å². The Labute approximate surface area is 165 Å². The van der Waals surface area contributed by atoms with Gasteiger partial charge in [0.2, 0.25) is 5.12 Å². The summed E-state index contributed by atoms with van der Waals surface area (Å²) >= 11 is 1.36. The lowest BCUT2D eigenvalue weighted by Crippen LogP contribution is -2.45. The van der Waals surface area contributed by atoms with Crippen LogP contribution in [0, 0.1) is 0 Å². The van der Waals surface area contributed by atoms with Crippen LogP contribution < -0.4 is 0 Å². The highest BCUT2D eigenvalue weighted by Gasteiger charge is 2.40. The first kappa shape index (κ1) is 23.9. The van der Waals surface area contributed by atoms with Crippen molar-refractivity contribution < 1.29 is 18.7 Å². The lowest BCUT2D eigenvalue weighted by molar-refractivity contribution is -0.156. The zero-order chi connectivity index (χ0) is 19.8. The molecular weight excluding hydrogens is 364 g/mol. The predicted molar refractivity (Wildman–Crippen MR) is 113 cm³/mol.